The third kappa shape index (κ3) is 10.1. The molecule has 180 valence electrons. The minimum absolute atomic E-state index is 0.0815. The molecular weight excluding hydrogens is 630 g/mol. The summed E-state index contributed by atoms with van der Waals surface area (Å²) in [6.07, 6.45) is 3.03. The van der Waals surface area contributed by atoms with Crippen molar-refractivity contribution in [3.63, 3.8) is 0 Å². The van der Waals surface area contributed by atoms with Gasteiger partial charge in [-0.05, 0) is 25.5 Å². The Balaban J connectivity index is 0.000000925. The molecule has 9 heteroatoms. The van der Waals surface area contributed by atoms with E-state index < -0.39 is 16.5 Å². The summed E-state index contributed by atoms with van der Waals surface area (Å²) in [4.78, 5) is 25.4. The first kappa shape index (κ1) is 30.7. The second-order valence-corrected chi connectivity index (χ2v) is 9.74. The van der Waals surface area contributed by atoms with Gasteiger partial charge in [-0.3, -0.25) is 23.4 Å². The summed E-state index contributed by atoms with van der Waals surface area (Å²) in [6.45, 7) is 9.71. The topological polar surface area (TPSA) is 127 Å². The maximum absolute atomic E-state index is 12.8. The number of halogens is 2. The van der Waals surface area contributed by atoms with Gasteiger partial charge in [0.05, 0.1) is 5.56 Å². The first-order valence-electron chi connectivity index (χ1n) is 10.2. The molecule has 0 fully saturated rings. The molecule has 0 atom stereocenters. The van der Waals surface area contributed by atoms with E-state index in [-0.39, 0.29) is 11.6 Å². The van der Waals surface area contributed by atoms with Gasteiger partial charge in [-0.15, -0.1) is 0 Å². The third-order valence-electron chi connectivity index (χ3n) is 4.15. The Morgan fingerprint density at radius 2 is 1.34 bits per heavy atom. The Labute approximate surface area is 208 Å². The molecule has 0 bridgehead atoms. The van der Waals surface area contributed by atoms with E-state index in [2.05, 4.69) is 30.6 Å². The molecule has 0 unspecified atom stereocenters. The van der Waals surface area contributed by atoms with Crippen molar-refractivity contribution in [3.05, 3.63) is 78.6 Å². The van der Waals surface area contributed by atoms with Crippen LogP contribution in [0.5, 0.6) is 0 Å². The number of nitrogens with two attached hydrogens (primary N) is 1. The van der Waals surface area contributed by atoms with Crippen LogP contribution in [0, 0.1) is 13.8 Å². The number of carbonyl (C=O) groups is 2. The summed E-state index contributed by atoms with van der Waals surface area (Å²) >= 11 is -0.472. The van der Waals surface area contributed by atoms with E-state index in [0.29, 0.717) is 28.8 Å². The number of quaternary nitrogens is 2. The van der Waals surface area contributed by atoms with Gasteiger partial charge < -0.3 is 22.5 Å². The minimum atomic E-state index is -0.472. The summed E-state index contributed by atoms with van der Waals surface area (Å²) in [5.74, 6) is -0.165. The summed E-state index contributed by atoms with van der Waals surface area (Å²) in [5.41, 5.74) is 14.9. The van der Waals surface area contributed by atoms with Crippen molar-refractivity contribution in [1.29, 1.82) is 0 Å². The molecule has 0 aromatic heterocycles. The summed E-state index contributed by atoms with van der Waals surface area (Å²) in [6, 6.07) is 12.4. The van der Waals surface area contributed by atoms with E-state index in [1.54, 1.807) is 30.3 Å². The Morgan fingerprint density at radius 3 is 1.88 bits per heavy atom. The van der Waals surface area contributed by atoms with Gasteiger partial charge in [0.2, 0.25) is 0 Å². The van der Waals surface area contributed by atoms with E-state index in [1.807, 2.05) is 12.1 Å². The number of anilines is 1. The predicted molar refractivity (Wildman–Crippen MR) is 129 cm³/mol. The molecule has 0 spiro atoms. The van der Waals surface area contributed by atoms with E-state index in [4.69, 9.17) is 24.6 Å². The molecule has 0 radical (unpaired) electrons. The van der Waals surface area contributed by atoms with Gasteiger partial charge in [0.25, 0.3) is 0 Å². The van der Waals surface area contributed by atoms with Crippen molar-refractivity contribution in [3.8, 4) is 0 Å². The average Bonchev–Trinajstić information content (AvgIpc) is 2.79. The SMILES string of the molecule is NCCCCCNc1cccc2c1C(=O)c1ccccc1C2=O.[CH2-]C[NH3+].[CH2-]C[NH3+].[Cl][Pt+2][Cl]. The summed E-state index contributed by atoms with van der Waals surface area (Å²) < 4.78 is 0. The van der Waals surface area contributed by atoms with Gasteiger partial charge in [-0.2, -0.15) is 0 Å². The number of nitrogens with one attached hydrogen (secondary N) is 1. The molecule has 32 heavy (non-hydrogen) atoms. The van der Waals surface area contributed by atoms with Crippen molar-refractivity contribution in [2.75, 3.05) is 31.5 Å². The zero-order chi connectivity index (χ0) is 24.4. The second kappa shape index (κ2) is 19.2. The zero-order valence-electron chi connectivity index (χ0n) is 18.3. The van der Waals surface area contributed by atoms with Crippen LogP contribution < -0.4 is 22.5 Å². The normalized spacial score (nSPS) is 11.0. The van der Waals surface area contributed by atoms with Crippen molar-refractivity contribution in [2.24, 2.45) is 5.73 Å². The van der Waals surface area contributed by atoms with Crippen LogP contribution in [0.25, 0.3) is 0 Å². The fourth-order valence-electron chi connectivity index (χ4n) is 2.96. The average molecular weight is 665 g/mol. The van der Waals surface area contributed by atoms with Gasteiger partial charge in [0.15, 0.2) is 11.6 Å². The van der Waals surface area contributed by atoms with Gasteiger partial charge in [-0.25, -0.2) is 0 Å². The number of benzene rings is 2. The van der Waals surface area contributed by atoms with E-state index in [9.17, 15) is 9.59 Å². The molecule has 0 heterocycles. The van der Waals surface area contributed by atoms with Crippen LogP contribution in [0.3, 0.4) is 0 Å². The van der Waals surface area contributed by atoms with E-state index >= 15 is 0 Å². The van der Waals surface area contributed by atoms with Crippen molar-refractivity contribution in [1.82, 2.24) is 0 Å². The Morgan fingerprint density at radius 1 is 0.844 bits per heavy atom. The number of unbranched alkanes of at least 4 members (excludes halogenated alkanes) is 2. The second-order valence-electron chi connectivity index (χ2n) is 6.46. The molecule has 0 amide bonds. The Hall–Kier alpha value is -1.27. The molecular formula is C23H34Cl2N4O2Pt+2. The van der Waals surface area contributed by atoms with Crippen LogP contribution >= 0.6 is 18.8 Å². The van der Waals surface area contributed by atoms with Crippen molar-refractivity contribution < 1.29 is 37.5 Å². The fourth-order valence-corrected chi connectivity index (χ4v) is 2.96. The van der Waals surface area contributed by atoms with E-state index in [1.165, 1.54) is 0 Å². The molecule has 2 aromatic carbocycles. The Bertz CT molecular complexity index is 818. The van der Waals surface area contributed by atoms with Crippen LogP contribution in [0.15, 0.2) is 42.5 Å². The monoisotopic (exact) mass is 663 g/mol. The van der Waals surface area contributed by atoms with Crippen molar-refractivity contribution >= 4 is 36.1 Å². The van der Waals surface area contributed by atoms with Gasteiger partial charge in [0, 0.05) is 28.9 Å². The number of hydrogen-bond donors (Lipinski definition) is 4. The fraction of sp³-hybridized carbons (Fsp3) is 0.304. The third-order valence-corrected chi connectivity index (χ3v) is 4.15. The molecule has 0 aliphatic heterocycles. The maximum atomic E-state index is 12.8. The molecule has 3 rings (SSSR count). The molecule has 6 nitrogen and oxygen atoms in total. The zero-order valence-corrected chi connectivity index (χ0v) is 22.1. The van der Waals surface area contributed by atoms with Crippen LogP contribution in [0.2, 0.25) is 0 Å². The predicted octanol–water partition coefficient (Wildman–Crippen LogP) is 2.50. The molecule has 1 aliphatic rings. The van der Waals surface area contributed by atoms with Gasteiger partial charge >= 0.3 is 35.3 Å². The number of hydrogen-bond acceptors (Lipinski definition) is 4. The van der Waals surface area contributed by atoms with Crippen LogP contribution in [0.4, 0.5) is 5.69 Å². The number of rotatable bonds is 6. The quantitative estimate of drug-likeness (QED) is 0.239. The molecule has 0 saturated heterocycles. The molecule has 2 aromatic rings. The summed E-state index contributed by atoms with van der Waals surface area (Å²) in [7, 11) is 9.75. The first-order chi connectivity index (χ1) is 15.5. The summed E-state index contributed by atoms with van der Waals surface area (Å²) in [5, 5.41) is 3.30. The first-order valence-corrected chi connectivity index (χ1v) is 15.9. The molecule has 9 N–H and O–H groups in total. The molecule has 1 aliphatic carbocycles. The van der Waals surface area contributed by atoms with E-state index in [0.717, 1.165) is 44.6 Å². The number of ketones is 2. The van der Waals surface area contributed by atoms with Crippen LogP contribution in [-0.4, -0.2) is 37.7 Å². The van der Waals surface area contributed by atoms with Gasteiger partial charge in [0.1, 0.15) is 0 Å². The standard InChI is InChI=1S/C19H20N2O2.2C2H6N.2ClH.Pt/c20-11-4-1-5-12-21-16-10-6-9-15-17(16)19(23)14-8-3-2-7-13(14)18(15)22;2*1-2-3;;;/h2-3,6-10,21H,1,4-5,11-12,20H2;2*1-3H2;2*1H;/q;2*-1;;;+4. The van der Waals surface area contributed by atoms with Crippen LogP contribution in [-0.2, 0) is 16.5 Å². The van der Waals surface area contributed by atoms with Gasteiger partial charge in [-0.1, -0.05) is 55.9 Å². The number of carbonyl (C=O) groups excluding carboxylic acids is 2. The number of fused-ring (bicyclic) bond motifs is 2. The van der Waals surface area contributed by atoms with Crippen molar-refractivity contribution in [2.45, 2.75) is 19.3 Å². The molecule has 0 saturated carbocycles. The van der Waals surface area contributed by atoms with Crippen LogP contribution in [0.1, 0.15) is 51.1 Å². The Kier molecular flexibility index (Phi) is 18.5.